The van der Waals surface area contributed by atoms with Gasteiger partial charge in [0, 0.05) is 22.3 Å². The van der Waals surface area contributed by atoms with Crippen LogP contribution in [0, 0.1) is 52.8 Å². The van der Waals surface area contributed by atoms with E-state index in [2.05, 4.69) is 4.85 Å². The van der Waals surface area contributed by atoms with E-state index in [0.29, 0.717) is 11.1 Å². The SMILES string of the molecule is [C-]#[N+]c1ccc(-c2ccc(-c3ccc(Cc4ccc(-c5ccc(-c6ccc(C#N)c(F)c6)c(F)c5)c(F)c4)cc3F)cc2F)cc1F. The average Bonchev–Trinajstić information content (AvgIpc) is 3.05. The fourth-order valence-corrected chi connectivity index (χ4v) is 5.41. The number of nitrogens with zero attached hydrogens (tertiary/aromatic N) is 2. The predicted molar refractivity (Wildman–Crippen MR) is 168 cm³/mol. The van der Waals surface area contributed by atoms with Crippen molar-refractivity contribution in [1.82, 2.24) is 0 Å². The first-order chi connectivity index (χ1) is 22.6. The van der Waals surface area contributed by atoms with Crippen LogP contribution in [0.25, 0.3) is 49.4 Å². The minimum Gasteiger partial charge on any atom is -0.235 e. The maximum Gasteiger partial charge on any atom is 0.222 e. The van der Waals surface area contributed by atoms with E-state index in [4.69, 9.17) is 11.8 Å². The van der Waals surface area contributed by atoms with Crippen LogP contribution >= 0.6 is 0 Å². The van der Waals surface area contributed by atoms with Gasteiger partial charge >= 0.3 is 0 Å². The molecule has 0 N–H and O–H groups in total. The van der Waals surface area contributed by atoms with Gasteiger partial charge in [-0.2, -0.15) is 5.26 Å². The summed E-state index contributed by atoms with van der Waals surface area (Å²) in [4.78, 5) is 3.06. The second kappa shape index (κ2) is 12.7. The van der Waals surface area contributed by atoms with E-state index in [9.17, 15) is 13.2 Å². The normalized spacial score (nSPS) is 10.8. The van der Waals surface area contributed by atoms with Crippen molar-refractivity contribution in [2.24, 2.45) is 0 Å². The van der Waals surface area contributed by atoms with Gasteiger partial charge in [-0.05, 0) is 82.3 Å². The molecule has 0 amide bonds. The Bertz CT molecular complexity index is 2120. The molecule has 0 fully saturated rings. The summed E-state index contributed by atoms with van der Waals surface area (Å²) in [7, 11) is 0. The van der Waals surface area contributed by atoms with Gasteiger partial charge in [0.05, 0.1) is 12.1 Å². The molecule has 0 aliphatic carbocycles. The van der Waals surface area contributed by atoms with Crippen LogP contribution in [-0.2, 0) is 6.42 Å². The summed E-state index contributed by atoms with van der Waals surface area (Å²) in [5.74, 6) is -4.14. The van der Waals surface area contributed by atoms with Crippen molar-refractivity contribution in [2.75, 3.05) is 0 Å². The maximum atomic E-state index is 15.2. The lowest BCUT2D eigenvalue weighted by atomic mass is 9.95. The lowest BCUT2D eigenvalue weighted by molar-refractivity contribution is 0.621. The molecule has 0 saturated carbocycles. The number of rotatable bonds is 6. The first-order valence-electron chi connectivity index (χ1n) is 14.2. The Morgan fingerprint density at radius 1 is 0.468 bits per heavy atom. The molecule has 0 unspecified atom stereocenters. The van der Waals surface area contributed by atoms with Gasteiger partial charge in [-0.3, -0.25) is 0 Å². The molecule has 47 heavy (non-hydrogen) atoms. The van der Waals surface area contributed by atoms with Crippen molar-refractivity contribution in [1.29, 1.82) is 5.26 Å². The van der Waals surface area contributed by atoms with E-state index in [-0.39, 0.29) is 62.2 Å². The summed E-state index contributed by atoms with van der Waals surface area (Å²) in [5, 5.41) is 8.91. The number of benzene rings is 6. The Hall–Kier alpha value is -6.12. The Labute approximate surface area is 266 Å². The first kappa shape index (κ1) is 30.9. The predicted octanol–water partition coefficient (Wildman–Crippen LogP) is 11.2. The lowest BCUT2D eigenvalue weighted by Crippen LogP contribution is -1.95. The molecule has 0 spiro atoms. The molecule has 0 bridgehead atoms. The Kier molecular flexibility index (Phi) is 8.35. The summed E-state index contributed by atoms with van der Waals surface area (Å²) in [6, 6.07) is 26.3. The summed E-state index contributed by atoms with van der Waals surface area (Å²) < 4.78 is 88.5. The fraction of sp³-hybridized carbons (Fsp3) is 0.0256. The van der Waals surface area contributed by atoms with E-state index in [0.717, 1.165) is 24.3 Å². The highest BCUT2D eigenvalue weighted by atomic mass is 19.1. The minimum atomic E-state index is -0.771. The summed E-state index contributed by atoms with van der Waals surface area (Å²) >= 11 is 0. The van der Waals surface area contributed by atoms with Crippen molar-refractivity contribution < 1.29 is 26.3 Å². The molecular formula is C39H20F6N2. The van der Waals surface area contributed by atoms with Gasteiger partial charge in [0.1, 0.15) is 41.0 Å². The smallest absolute Gasteiger partial charge is 0.222 e. The molecule has 0 atom stereocenters. The molecule has 6 aromatic carbocycles. The van der Waals surface area contributed by atoms with Crippen molar-refractivity contribution >= 4 is 5.69 Å². The topological polar surface area (TPSA) is 28.1 Å². The van der Waals surface area contributed by atoms with Crippen LogP contribution in [0.15, 0.2) is 109 Å². The average molecular weight is 631 g/mol. The molecular weight excluding hydrogens is 610 g/mol. The van der Waals surface area contributed by atoms with E-state index < -0.39 is 34.9 Å². The molecule has 8 heteroatoms. The Balaban J connectivity index is 1.19. The third-order valence-electron chi connectivity index (χ3n) is 7.82. The quantitative estimate of drug-likeness (QED) is 0.133. The van der Waals surface area contributed by atoms with Crippen LogP contribution in [0.4, 0.5) is 32.0 Å². The second-order valence-electron chi connectivity index (χ2n) is 10.8. The highest BCUT2D eigenvalue weighted by Crippen LogP contribution is 2.34. The third-order valence-corrected chi connectivity index (χ3v) is 7.82. The van der Waals surface area contributed by atoms with E-state index in [1.165, 1.54) is 72.8 Å². The molecule has 2 nitrogen and oxygen atoms in total. The van der Waals surface area contributed by atoms with Crippen LogP contribution in [0.3, 0.4) is 0 Å². The number of hydrogen-bond acceptors (Lipinski definition) is 1. The van der Waals surface area contributed by atoms with Gasteiger partial charge in [0.2, 0.25) is 5.69 Å². The molecule has 0 heterocycles. The molecule has 0 aliphatic heterocycles. The minimum absolute atomic E-state index is 0.0981. The van der Waals surface area contributed by atoms with E-state index in [1.807, 2.05) is 0 Å². The lowest BCUT2D eigenvalue weighted by Gasteiger charge is -2.11. The van der Waals surface area contributed by atoms with Crippen LogP contribution in [0.2, 0.25) is 0 Å². The summed E-state index contributed by atoms with van der Waals surface area (Å²) in [5.41, 5.74) is 2.25. The van der Waals surface area contributed by atoms with Gasteiger partial charge in [-0.1, -0.05) is 66.7 Å². The largest absolute Gasteiger partial charge is 0.235 e. The number of halogens is 6. The van der Waals surface area contributed by atoms with Crippen LogP contribution in [0.1, 0.15) is 16.7 Å². The Morgan fingerprint density at radius 3 is 1.23 bits per heavy atom. The van der Waals surface area contributed by atoms with Crippen LogP contribution in [0.5, 0.6) is 0 Å². The van der Waals surface area contributed by atoms with Gasteiger partial charge in [0.25, 0.3) is 0 Å². The van der Waals surface area contributed by atoms with Gasteiger partial charge in [0.15, 0.2) is 0 Å². The molecule has 0 saturated heterocycles. The fourth-order valence-electron chi connectivity index (χ4n) is 5.41. The summed E-state index contributed by atoms with van der Waals surface area (Å²) in [6.45, 7) is 6.96. The standard InChI is InChI=1S/C39H20F6N2/c1-47-39-13-8-27(20-38(39)45)32-12-7-26(19-37(32)44)30-10-3-23(16-35(30)42)14-22-2-9-29(34(41)15-22)25-6-11-31(36(43)18-25)24-4-5-28(21-46)33(40)17-24/h2-13,15-20H,14H2. The van der Waals surface area contributed by atoms with Crippen molar-refractivity contribution in [3.8, 4) is 50.6 Å². The van der Waals surface area contributed by atoms with Crippen molar-refractivity contribution in [3.05, 3.63) is 172 Å². The van der Waals surface area contributed by atoms with Crippen molar-refractivity contribution in [2.45, 2.75) is 6.42 Å². The van der Waals surface area contributed by atoms with Crippen LogP contribution < -0.4 is 0 Å². The molecule has 228 valence electrons. The Morgan fingerprint density at radius 2 is 0.851 bits per heavy atom. The highest BCUT2D eigenvalue weighted by molar-refractivity contribution is 5.74. The molecule has 0 aromatic heterocycles. The molecule has 0 aliphatic rings. The summed E-state index contributed by atoms with van der Waals surface area (Å²) in [6.07, 6.45) is 0.186. The van der Waals surface area contributed by atoms with Gasteiger partial charge < -0.3 is 0 Å². The maximum absolute atomic E-state index is 15.2. The number of nitriles is 1. The molecule has 0 radical (unpaired) electrons. The zero-order chi connectivity index (χ0) is 33.2. The van der Waals surface area contributed by atoms with E-state index in [1.54, 1.807) is 18.2 Å². The monoisotopic (exact) mass is 630 g/mol. The second-order valence-corrected chi connectivity index (χ2v) is 10.8. The van der Waals surface area contributed by atoms with Crippen molar-refractivity contribution in [3.63, 3.8) is 0 Å². The number of hydrogen-bond donors (Lipinski definition) is 0. The van der Waals surface area contributed by atoms with Crippen LogP contribution in [-0.4, -0.2) is 0 Å². The first-order valence-corrected chi connectivity index (χ1v) is 14.2. The zero-order valence-electron chi connectivity index (χ0n) is 24.3. The third kappa shape index (κ3) is 6.22. The molecule has 6 aromatic rings. The van der Waals surface area contributed by atoms with E-state index >= 15 is 13.2 Å². The highest BCUT2D eigenvalue weighted by Gasteiger charge is 2.15. The van der Waals surface area contributed by atoms with Gasteiger partial charge in [-0.25, -0.2) is 31.2 Å². The molecule has 6 rings (SSSR count). The van der Waals surface area contributed by atoms with Gasteiger partial charge in [-0.15, -0.1) is 0 Å². The zero-order valence-corrected chi connectivity index (χ0v) is 24.3.